The van der Waals surface area contributed by atoms with Gasteiger partial charge in [0.2, 0.25) is 0 Å². The molecule has 1 aromatic carbocycles. The van der Waals surface area contributed by atoms with Gasteiger partial charge in [-0.25, -0.2) is 8.78 Å². The number of carbonyl (C=O) groups excluding carboxylic acids is 1. The molecule has 0 heterocycles. The fourth-order valence-corrected chi connectivity index (χ4v) is 2.87. The quantitative estimate of drug-likeness (QED) is 0.749. The number of hydrogen-bond acceptors (Lipinski definition) is 3. The van der Waals surface area contributed by atoms with Gasteiger partial charge in [0.1, 0.15) is 11.6 Å². The van der Waals surface area contributed by atoms with Crippen LogP contribution < -0.4 is 11.1 Å². The second kappa shape index (κ2) is 5.97. The van der Waals surface area contributed by atoms with E-state index in [0.717, 1.165) is 18.9 Å². The van der Waals surface area contributed by atoms with Crippen molar-refractivity contribution in [2.75, 3.05) is 12.3 Å². The van der Waals surface area contributed by atoms with E-state index in [0.29, 0.717) is 24.8 Å². The summed E-state index contributed by atoms with van der Waals surface area (Å²) in [5.41, 5.74) is 3.77. The summed E-state index contributed by atoms with van der Waals surface area (Å²) in [7, 11) is 0. The van der Waals surface area contributed by atoms with E-state index in [9.17, 15) is 18.7 Å². The van der Waals surface area contributed by atoms with Gasteiger partial charge < -0.3 is 16.2 Å². The highest BCUT2D eigenvalue weighted by Crippen LogP contribution is 2.31. The van der Waals surface area contributed by atoms with Crippen LogP contribution in [0.4, 0.5) is 14.5 Å². The summed E-state index contributed by atoms with van der Waals surface area (Å²) in [4.78, 5) is 12.0. The van der Waals surface area contributed by atoms with Crippen molar-refractivity contribution in [3.63, 3.8) is 0 Å². The first-order chi connectivity index (χ1) is 9.81. The average molecular weight is 298 g/mol. The highest BCUT2D eigenvalue weighted by atomic mass is 19.1. The van der Waals surface area contributed by atoms with E-state index in [-0.39, 0.29) is 17.8 Å². The van der Waals surface area contributed by atoms with Crippen LogP contribution in [0.1, 0.15) is 43.0 Å². The van der Waals surface area contributed by atoms with Crippen LogP contribution in [0.3, 0.4) is 0 Å². The minimum absolute atomic E-state index is 0.0485. The van der Waals surface area contributed by atoms with Gasteiger partial charge in [-0.05, 0) is 24.8 Å². The van der Waals surface area contributed by atoms with Gasteiger partial charge in [0, 0.05) is 12.6 Å². The van der Waals surface area contributed by atoms with Gasteiger partial charge in [0.05, 0.1) is 16.9 Å². The van der Waals surface area contributed by atoms with E-state index < -0.39 is 23.1 Å². The molecule has 1 aliphatic rings. The zero-order valence-corrected chi connectivity index (χ0v) is 12.0. The van der Waals surface area contributed by atoms with Gasteiger partial charge in [-0.1, -0.05) is 19.8 Å². The SMILES string of the molecule is CC1CCCC(O)(CNC(=O)c2cc(N)c(F)cc2F)C1. The zero-order chi connectivity index (χ0) is 15.6. The molecule has 1 aromatic rings. The molecule has 1 amide bonds. The molecular formula is C15H20F2N2O2. The Morgan fingerprint density at radius 2 is 2.19 bits per heavy atom. The Balaban J connectivity index is 2.03. The number of nitrogens with one attached hydrogen (secondary N) is 1. The van der Waals surface area contributed by atoms with E-state index in [1.807, 2.05) is 6.92 Å². The second-order valence-electron chi connectivity index (χ2n) is 5.96. The Kier molecular flexibility index (Phi) is 4.46. The summed E-state index contributed by atoms with van der Waals surface area (Å²) in [5.74, 6) is -2.18. The summed E-state index contributed by atoms with van der Waals surface area (Å²) >= 11 is 0. The molecule has 1 fully saturated rings. The van der Waals surface area contributed by atoms with Crippen LogP contribution >= 0.6 is 0 Å². The fourth-order valence-electron chi connectivity index (χ4n) is 2.87. The highest BCUT2D eigenvalue weighted by molar-refractivity contribution is 5.95. The molecule has 0 bridgehead atoms. The summed E-state index contributed by atoms with van der Waals surface area (Å²) in [6, 6.07) is 1.55. The Bertz CT molecular complexity index is 551. The Morgan fingerprint density at radius 3 is 2.86 bits per heavy atom. The van der Waals surface area contributed by atoms with Crippen LogP contribution in [0, 0.1) is 17.6 Å². The maximum absolute atomic E-state index is 13.6. The van der Waals surface area contributed by atoms with Crippen molar-refractivity contribution in [1.82, 2.24) is 5.32 Å². The number of anilines is 1. The molecule has 4 N–H and O–H groups in total. The van der Waals surface area contributed by atoms with Gasteiger partial charge in [0.25, 0.3) is 5.91 Å². The minimum Gasteiger partial charge on any atom is -0.396 e. The number of nitrogen functional groups attached to an aromatic ring is 1. The molecule has 6 heteroatoms. The third kappa shape index (κ3) is 3.69. The van der Waals surface area contributed by atoms with Crippen molar-refractivity contribution >= 4 is 11.6 Å². The summed E-state index contributed by atoms with van der Waals surface area (Å²) in [5, 5.41) is 12.9. The molecule has 2 unspecified atom stereocenters. The van der Waals surface area contributed by atoms with Gasteiger partial charge in [-0.3, -0.25) is 4.79 Å². The van der Waals surface area contributed by atoms with E-state index in [4.69, 9.17) is 5.73 Å². The van der Waals surface area contributed by atoms with Crippen LogP contribution in [-0.4, -0.2) is 23.2 Å². The molecule has 116 valence electrons. The summed E-state index contributed by atoms with van der Waals surface area (Å²) < 4.78 is 26.7. The Hall–Kier alpha value is -1.69. The molecule has 0 aliphatic heterocycles. The lowest BCUT2D eigenvalue weighted by Crippen LogP contribution is -2.45. The Morgan fingerprint density at radius 1 is 1.48 bits per heavy atom. The number of benzene rings is 1. The topological polar surface area (TPSA) is 75.3 Å². The van der Waals surface area contributed by atoms with Crippen LogP contribution in [0.15, 0.2) is 12.1 Å². The van der Waals surface area contributed by atoms with E-state index >= 15 is 0 Å². The minimum atomic E-state index is -0.969. The number of amides is 1. The number of carbonyl (C=O) groups is 1. The average Bonchev–Trinajstić information content (AvgIpc) is 2.40. The molecule has 0 aromatic heterocycles. The molecule has 0 saturated heterocycles. The first kappa shape index (κ1) is 15.7. The number of halogens is 2. The maximum Gasteiger partial charge on any atom is 0.254 e. The number of rotatable bonds is 3. The molecule has 1 saturated carbocycles. The fraction of sp³-hybridized carbons (Fsp3) is 0.533. The van der Waals surface area contributed by atoms with E-state index in [1.54, 1.807) is 0 Å². The van der Waals surface area contributed by atoms with Crippen molar-refractivity contribution in [1.29, 1.82) is 0 Å². The smallest absolute Gasteiger partial charge is 0.254 e. The van der Waals surface area contributed by atoms with Gasteiger partial charge in [-0.15, -0.1) is 0 Å². The monoisotopic (exact) mass is 298 g/mol. The maximum atomic E-state index is 13.6. The van der Waals surface area contributed by atoms with Crippen molar-refractivity contribution in [3.05, 3.63) is 29.3 Å². The second-order valence-corrected chi connectivity index (χ2v) is 5.96. The summed E-state index contributed by atoms with van der Waals surface area (Å²) in [6.07, 6.45) is 3.15. The van der Waals surface area contributed by atoms with Crippen LogP contribution in [0.5, 0.6) is 0 Å². The molecule has 4 nitrogen and oxygen atoms in total. The lowest BCUT2D eigenvalue weighted by Gasteiger charge is -2.35. The van der Waals surface area contributed by atoms with Gasteiger partial charge >= 0.3 is 0 Å². The standard InChI is InChI=1S/C15H20F2N2O2/c1-9-3-2-4-15(21,7-9)8-19-14(20)10-5-13(18)12(17)6-11(10)16/h5-6,9,21H,2-4,7-8,18H2,1H3,(H,19,20). The zero-order valence-electron chi connectivity index (χ0n) is 12.0. The van der Waals surface area contributed by atoms with Crippen molar-refractivity contribution < 1.29 is 18.7 Å². The van der Waals surface area contributed by atoms with Crippen molar-refractivity contribution in [2.24, 2.45) is 5.92 Å². The molecule has 2 rings (SSSR count). The van der Waals surface area contributed by atoms with E-state index in [1.165, 1.54) is 0 Å². The van der Waals surface area contributed by atoms with Crippen LogP contribution in [-0.2, 0) is 0 Å². The van der Waals surface area contributed by atoms with Gasteiger partial charge in [-0.2, -0.15) is 0 Å². The number of nitrogens with two attached hydrogens (primary N) is 1. The first-order valence-corrected chi connectivity index (χ1v) is 7.06. The van der Waals surface area contributed by atoms with Crippen LogP contribution in [0.25, 0.3) is 0 Å². The Labute approximate surface area is 122 Å². The number of hydrogen-bond donors (Lipinski definition) is 3. The van der Waals surface area contributed by atoms with Crippen molar-refractivity contribution in [3.8, 4) is 0 Å². The third-order valence-corrected chi connectivity index (χ3v) is 3.98. The van der Waals surface area contributed by atoms with E-state index in [2.05, 4.69) is 5.32 Å². The first-order valence-electron chi connectivity index (χ1n) is 7.06. The molecule has 0 spiro atoms. The lowest BCUT2D eigenvalue weighted by atomic mass is 9.79. The summed E-state index contributed by atoms with van der Waals surface area (Å²) in [6.45, 7) is 2.10. The van der Waals surface area contributed by atoms with Crippen LogP contribution in [0.2, 0.25) is 0 Å². The normalized spacial score (nSPS) is 25.6. The van der Waals surface area contributed by atoms with Crippen molar-refractivity contribution in [2.45, 2.75) is 38.2 Å². The molecule has 21 heavy (non-hydrogen) atoms. The predicted molar refractivity (Wildman–Crippen MR) is 75.7 cm³/mol. The lowest BCUT2D eigenvalue weighted by molar-refractivity contribution is -0.0109. The third-order valence-electron chi connectivity index (χ3n) is 3.98. The highest BCUT2D eigenvalue weighted by Gasteiger charge is 2.33. The predicted octanol–water partition coefficient (Wildman–Crippen LogP) is 2.22. The molecule has 2 atom stereocenters. The number of aliphatic hydroxyl groups is 1. The molecule has 1 aliphatic carbocycles. The molecular weight excluding hydrogens is 278 g/mol. The van der Waals surface area contributed by atoms with Gasteiger partial charge in [0.15, 0.2) is 0 Å². The molecule has 0 radical (unpaired) electrons. The largest absolute Gasteiger partial charge is 0.396 e.